The Kier molecular flexibility index (Phi) is 3.70. The van der Waals surface area contributed by atoms with Crippen molar-refractivity contribution < 1.29 is 9.47 Å². The van der Waals surface area contributed by atoms with Gasteiger partial charge in [-0.3, -0.25) is 0 Å². The van der Waals surface area contributed by atoms with Crippen LogP contribution in [-0.4, -0.2) is 24.7 Å². The quantitative estimate of drug-likeness (QED) is 0.808. The van der Waals surface area contributed by atoms with Crippen molar-refractivity contribution in [2.24, 2.45) is 0 Å². The van der Waals surface area contributed by atoms with Gasteiger partial charge in [-0.15, -0.1) is 0 Å². The molecule has 1 aliphatic heterocycles. The number of aromatic nitrogens is 1. The molecular formula is C15H18N2O2. The summed E-state index contributed by atoms with van der Waals surface area (Å²) in [6, 6.07) is 10.3. The zero-order chi connectivity index (χ0) is 12.9. The van der Waals surface area contributed by atoms with Gasteiger partial charge in [0.15, 0.2) is 11.5 Å². The van der Waals surface area contributed by atoms with E-state index in [4.69, 9.17) is 9.47 Å². The lowest BCUT2D eigenvalue weighted by atomic mass is 10.1. The molecule has 0 atom stereocenters. The Bertz CT molecular complexity index is 523. The van der Waals surface area contributed by atoms with E-state index in [0.717, 1.165) is 31.0 Å². The average Bonchev–Trinajstić information content (AvgIpc) is 2.97. The molecule has 100 valence electrons. The van der Waals surface area contributed by atoms with Gasteiger partial charge in [-0.2, -0.15) is 0 Å². The number of fused-ring (bicyclic) bond motifs is 1. The van der Waals surface area contributed by atoms with E-state index in [0.29, 0.717) is 13.2 Å². The third-order valence-electron chi connectivity index (χ3n) is 3.17. The number of rotatable bonds is 5. The minimum Gasteiger partial charge on any atom is -0.486 e. The van der Waals surface area contributed by atoms with Crippen molar-refractivity contribution in [2.75, 3.05) is 19.8 Å². The number of H-pyrrole nitrogens is 1. The number of benzene rings is 1. The van der Waals surface area contributed by atoms with Crippen LogP contribution < -0.4 is 14.8 Å². The fraction of sp³-hybridized carbons (Fsp3) is 0.333. The summed E-state index contributed by atoms with van der Waals surface area (Å²) in [5.41, 5.74) is 2.48. The fourth-order valence-electron chi connectivity index (χ4n) is 2.18. The second-order valence-corrected chi connectivity index (χ2v) is 4.60. The SMILES string of the molecule is c1c[nH]c(CNCCc2ccc3c(c2)OCCO3)c1. The Balaban J connectivity index is 1.50. The van der Waals surface area contributed by atoms with Crippen molar-refractivity contribution in [1.29, 1.82) is 0 Å². The minimum atomic E-state index is 0.640. The van der Waals surface area contributed by atoms with Crippen LogP contribution in [0.3, 0.4) is 0 Å². The van der Waals surface area contributed by atoms with Gasteiger partial charge in [0, 0.05) is 18.4 Å². The summed E-state index contributed by atoms with van der Waals surface area (Å²) in [4.78, 5) is 3.18. The largest absolute Gasteiger partial charge is 0.486 e. The van der Waals surface area contributed by atoms with Gasteiger partial charge < -0.3 is 19.8 Å². The van der Waals surface area contributed by atoms with Gasteiger partial charge in [-0.25, -0.2) is 0 Å². The van der Waals surface area contributed by atoms with E-state index in [1.807, 2.05) is 18.3 Å². The highest BCUT2D eigenvalue weighted by molar-refractivity contribution is 5.43. The maximum atomic E-state index is 5.58. The zero-order valence-electron chi connectivity index (χ0n) is 10.8. The molecule has 2 aromatic rings. The van der Waals surface area contributed by atoms with Crippen LogP contribution in [0.4, 0.5) is 0 Å². The molecule has 2 N–H and O–H groups in total. The minimum absolute atomic E-state index is 0.640. The molecule has 1 aromatic carbocycles. The molecule has 1 aromatic heterocycles. The normalized spacial score (nSPS) is 13.5. The lowest BCUT2D eigenvalue weighted by Crippen LogP contribution is -2.18. The predicted octanol–water partition coefficient (Wildman–Crippen LogP) is 2.12. The number of nitrogens with one attached hydrogen (secondary N) is 2. The number of aromatic amines is 1. The summed E-state index contributed by atoms with van der Waals surface area (Å²) in [6.45, 7) is 3.10. The van der Waals surface area contributed by atoms with Crippen molar-refractivity contribution in [3.05, 3.63) is 47.8 Å². The first-order valence-corrected chi connectivity index (χ1v) is 6.63. The first kappa shape index (κ1) is 12.1. The maximum Gasteiger partial charge on any atom is 0.161 e. The first-order valence-electron chi connectivity index (χ1n) is 6.63. The lowest BCUT2D eigenvalue weighted by Gasteiger charge is -2.18. The fourth-order valence-corrected chi connectivity index (χ4v) is 2.18. The van der Waals surface area contributed by atoms with Crippen LogP contribution in [0.5, 0.6) is 11.5 Å². The van der Waals surface area contributed by atoms with Crippen LogP contribution in [-0.2, 0) is 13.0 Å². The van der Waals surface area contributed by atoms with E-state index < -0.39 is 0 Å². The Morgan fingerprint density at radius 3 is 2.84 bits per heavy atom. The van der Waals surface area contributed by atoms with Crippen LogP contribution in [0.15, 0.2) is 36.5 Å². The number of ether oxygens (including phenoxy) is 2. The Morgan fingerprint density at radius 2 is 2.00 bits per heavy atom. The molecule has 3 rings (SSSR count). The van der Waals surface area contributed by atoms with E-state index >= 15 is 0 Å². The van der Waals surface area contributed by atoms with Crippen molar-refractivity contribution in [3.63, 3.8) is 0 Å². The van der Waals surface area contributed by atoms with Gasteiger partial charge in [0.2, 0.25) is 0 Å². The Hall–Kier alpha value is -1.94. The van der Waals surface area contributed by atoms with Crippen LogP contribution in [0.25, 0.3) is 0 Å². The standard InChI is InChI=1S/C15H18N2O2/c1-2-13(17-6-1)11-16-7-5-12-3-4-14-15(10-12)19-9-8-18-14/h1-4,6,10,16-17H,5,7-9,11H2. The van der Waals surface area contributed by atoms with Gasteiger partial charge in [0.1, 0.15) is 13.2 Å². The molecule has 1 aliphatic rings. The van der Waals surface area contributed by atoms with Crippen LogP contribution in [0.1, 0.15) is 11.3 Å². The van der Waals surface area contributed by atoms with Crippen LogP contribution in [0.2, 0.25) is 0 Å². The summed E-state index contributed by atoms with van der Waals surface area (Å²) in [5, 5.41) is 3.41. The molecule has 0 amide bonds. The molecule has 19 heavy (non-hydrogen) atoms. The highest BCUT2D eigenvalue weighted by Gasteiger charge is 2.11. The smallest absolute Gasteiger partial charge is 0.161 e. The van der Waals surface area contributed by atoms with E-state index in [1.165, 1.54) is 11.3 Å². The summed E-state index contributed by atoms with van der Waals surface area (Å²) >= 11 is 0. The summed E-state index contributed by atoms with van der Waals surface area (Å²) in [7, 11) is 0. The van der Waals surface area contributed by atoms with Gasteiger partial charge in [0.25, 0.3) is 0 Å². The monoisotopic (exact) mass is 258 g/mol. The van der Waals surface area contributed by atoms with Crippen molar-refractivity contribution in [1.82, 2.24) is 10.3 Å². The van der Waals surface area contributed by atoms with Crippen molar-refractivity contribution >= 4 is 0 Å². The Labute approximate surface area is 112 Å². The van der Waals surface area contributed by atoms with E-state index in [1.54, 1.807) is 0 Å². The highest BCUT2D eigenvalue weighted by Crippen LogP contribution is 2.30. The zero-order valence-corrected chi connectivity index (χ0v) is 10.8. The van der Waals surface area contributed by atoms with Gasteiger partial charge >= 0.3 is 0 Å². The van der Waals surface area contributed by atoms with Crippen LogP contribution >= 0.6 is 0 Å². The Morgan fingerprint density at radius 1 is 1.11 bits per heavy atom. The third kappa shape index (κ3) is 3.09. The van der Waals surface area contributed by atoms with Gasteiger partial charge in [0.05, 0.1) is 0 Å². The average molecular weight is 258 g/mol. The molecule has 4 nitrogen and oxygen atoms in total. The summed E-state index contributed by atoms with van der Waals surface area (Å²) in [6.07, 6.45) is 2.93. The molecule has 0 saturated carbocycles. The molecule has 4 heteroatoms. The molecule has 0 fully saturated rings. The van der Waals surface area contributed by atoms with Gasteiger partial charge in [-0.1, -0.05) is 6.07 Å². The lowest BCUT2D eigenvalue weighted by molar-refractivity contribution is 0.171. The van der Waals surface area contributed by atoms with E-state index in [2.05, 4.69) is 28.5 Å². The molecule has 0 bridgehead atoms. The summed E-state index contributed by atoms with van der Waals surface area (Å²) in [5.74, 6) is 1.72. The predicted molar refractivity (Wildman–Crippen MR) is 73.6 cm³/mol. The van der Waals surface area contributed by atoms with Gasteiger partial charge in [-0.05, 0) is 42.8 Å². The second-order valence-electron chi connectivity index (χ2n) is 4.60. The van der Waals surface area contributed by atoms with Crippen molar-refractivity contribution in [3.8, 4) is 11.5 Å². The van der Waals surface area contributed by atoms with Crippen LogP contribution in [0, 0.1) is 0 Å². The number of hydrogen-bond acceptors (Lipinski definition) is 3. The van der Waals surface area contributed by atoms with E-state index in [-0.39, 0.29) is 0 Å². The molecule has 0 radical (unpaired) electrons. The first-order chi connectivity index (χ1) is 9.42. The molecule has 0 aliphatic carbocycles. The number of hydrogen-bond donors (Lipinski definition) is 2. The summed E-state index contributed by atoms with van der Waals surface area (Å²) < 4.78 is 11.1. The molecule has 0 unspecified atom stereocenters. The molecule has 0 saturated heterocycles. The topological polar surface area (TPSA) is 46.3 Å². The maximum absolute atomic E-state index is 5.58. The molecule has 2 heterocycles. The second kappa shape index (κ2) is 5.80. The van der Waals surface area contributed by atoms with E-state index in [9.17, 15) is 0 Å². The highest BCUT2D eigenvalue weighted by atomic mass is 16.6. The third-order valence-corrected chi connectivity index (χ3v) is 3.17. The van der Waals surface area contributed by atoms with Crippen molar-refractivity contribution in [2.45, 2.75) is 13.0 Å². The molecular weight excluding hydrogens is 240 g/mol. The molecule has 0 spiro atoms.